The van der Waals surface area contributed by atoms with Crippen molar-refractivity contribution in [2.45, 2.75) is 52.2 Å². The summed E-state index contributed by atoms with van der Waals surface area (Å²) in [6.45, 7) is 8.06. The minimum Gasteiger partial charge on any atom is -0.366 e. The molecule has 0 aromatic carbocycles. The summed E-state index contributed by atoms with van der Waals surface area (Å²) < 4.78 is 7.42. The first kappa shape index (κ1) is 15.7. The molecule has 0 saturated carbocycles. The summed E-state index contributed by atoms with van der Waals surface area (Å²) in [7, 11) is 1.94. The minimum absolute atomic E-state index is 0.0720. The fourth-order valence-electron chi connectivity index (χ4n) is 2.03. The number of rotatable bonds is 7. The summed E-state index contributed by atoms with van der Waals surface area (Å²) in [6.07, 6.45) is 5.47. The van der Waals surface area contributed by atoms with Crippen molar-refractivity contribution < 1.29 is 9.53 Å². The predicted molar refractivity (Wildman–Crippen MR) is 74.7 cm³/mol. The van der Waals surface area contributed by atoms with E-state index in [0.717, 1.165) is 18.7 Å². The first-order valence-corrected chi connectivity index (χ1v) is 6.84. The molecular formula is C14H25N3O2. The van der Waals surface area contributed by atoms with E-state index in [2.05, 4.69) is 17.2 Å². The number of nitrogens with one attached hydrogen (secondary N) is 1. The zero-order valence-electron chi connectivity index (χ0n) is 12.6. The van der Waals surface area contributed by atoms with Crippen LogP contribution in [-0.4, -0.2) is 27.7 Å². The Labute approximate surface area is 115 Å². The van der Waals surface area contributed by atoms with Crippen molar-refractivity contribution in [1.82, 2.24) is 14.9 Å². The number of carbonyl (C=O) groups is 1. The Hall–Kier alpha value is -1.36. The molecule has 0 radical (unpaired) electrons. The molecule has 1 atom stereocenters. The number of nitrogens with zero attached hydrogens (tertiary/aromatic N) is 2. The van der Waals surface area contributed by atoms with Crippen LogP contribution in [0.1, 0.15) is 52.4 Å². The van der Waals surface area contributed by atoms with Gasteiger partial charge in [0.1, 0.15) is 11.4 Å². The number of hydrogen-bond acceptors (Lipinski definition) is 3. The molecule has 1 rings (SSSR count). The van der Waals surface area contributed by atoms with Gasteiger partial charge in [0.05, 0.1) is 6.04 Å². The third-order valence-corrected chi connectivity index (χ3v) is 3.10. The van der Waals surface area contributed by atoms with Crippen LogP contribution < -0.4 is 5.32 Å². The number of imidazole rings is 1. The van der Waals surface area contributed by atoms with Gasteiger partial charge in [0.2, 0.25) is 0 Å². The van der Waals surface area contributed by atoms with Crippen molar-refractivity contribution in [3.8, 4) is 0 Å². The van der Waals surface area contributed by atoms with E-state index in [9.17, 15) is 4.79 Å². The fourth-order valence-corrected chi connectivity index (χ4v) is 2.03. The van der Waals surface area contributed by atoms with E-state index in [0.29, 0.717) is 6.61 Å². The van der Waals surface area contributed by atoms with Gasteiger partial charge in [0, 0.05) is 26.0 Å². The van der Waals surface area contributed by atoms with E-state index in [4.69, 9.17) is 4.74 Å². The number of aryl methyl sites for hydroxylation is 1. The van der Waals surface area contributed by atoms with Crippen LogP contribution >= 0.6 is 0 Å². The molecule has 1 heterocycles. The van der Waals surface area contributed by atoms with Crippen LogP contribution in [0.2, 0.25) is 0 Å². The van der Waals surface area contributed by atoms with E-state index in [1.54, 1.807) is 20.0 Å². The Morgan fingerprint density at radius 1 is 1.53 bits per heavy atom. The van der Waals surface area contributed by atoms with Crippen LogP contribution in [0.25, 0.3) is 0 Å². The van der Waals surface area contributed by atoms with Crippen molar-refractivity contribution in [2.24, 2.45) is 7.05 Å². The molecule has 0 bridgehead atoms. The van der Waals surface area contributed by atoms with E-state index >= 15 is 0 Å². The van der Waals surface area contributed by atoms with E-state index < -0.39 is 5.60 Å². The molecule has 1 N–H and O–H groups in total. The van der Waals surface area contributed by atoms with E-state index in [-0.39, 0.29) is 11.9 Å². The highest BCUT2D eigenvalue weighted by atomic mass is 16.5. The number of carbonyl (C=O) groups excluding carboxylic acids is 1. The quantitative estimate of drug-likeness (QED) is 0.824. The standard InChI is InChI=1S/C14H25N3O2/c1-6-8-11(12-15-9-10-17(12)5)16-13(18)14(3,4)19-7-2/h9-11H,6-8H2,1-5H3,(H,16,18)/t11-/m1/s1. The topological polar surface area (TPSA) is 56.1 Å². The lowest BCUT2D eigenvalue weighted by molar-refractivity contribution is -0.143. The first-order valence-electron chi connectivity index (χ1n) is 6.84. The Morgan fingerprint density at radius 2 is 2.21 bits per heavy atom. The van der Waals surface area contributed by atoms with Gasteiger partial charge in [-0.05, 0) is 27.2 Å². The molecule has 0 aliphatic carbocycles. The summed E-state index contributed by atoms with van der Waals surface area (Å²) in [5, 5.41) is 3.04. The molecule has 5 nitrogen and oxygen atoms in total. The van der Waals surface area contributed by atoms with Crippen LogP contribution in [0.15, 0.2) is 12.4 Å². The first-order chi connectivity index (χ1) is 8.92. The maximum atomic E-state index is 12.3. The van der Waals surface area contributed by atoms with E-state index in [1.165, 1.54) is 0 Å². The Kier molecular flexibility index (Phi) is 5.54. The van der Waals surface area contributed by atoms with E-state index in [1.807, 2.05) is 24.7 Å². The van der Waals surface area contributed by atoms with Gasteiger partial charge in [-0.3, -0.25) is 4.79 Å². The Balaban J connectivity index is 2.80. The second-order valence-corrected chi connectivity index (χ2v) is 5.15. The number of hydrogen-bond donors (Lipinski definition) is 1. The third kappa shape index (κ3) is 4.06. The molecule has 0 saturated heterocycles. The summed E-state index contributed by atoms with van der Waals surface area (Å²) in [4.78, 5) is 16.6. The Morgan fingerprint density at radius 3 is 2.68 bits per heavy atom. The summed E-state index contributed by atoms with van der Waals surface area (Å²) in [6, 6.07) is -0.0720. The SMILES string of the molecule is CCC[C@@H](NC(=O)C(C)(C)OCC)c1nccn1C. The molecule has 0 spiro atoms. The van der Waals surface area contributed by atoms with Gasteiger partial charge < -0.3 is 14.6 Å². The summed E-state index contributed by atoms with van der Waals surface area (Å²) >= 11 is 0. The van der Waals surface area contributed by atoms with Crippen LogP contribution in [0, 0.1) is 0 Å². The number of aromatic nitrogens is 2. The molecule has 0 aliphatic rings. The van der Waals surface area contributed by atoms with Gasteiger partial charge >= 0.3 is 0 Å². The second-order valence-electron chi connectivity index (χ2n) is 5.15. The van der Waals surface area contributed by atoms with Crippen molar-refractivity contribution in [1.29, 1.82) is 0 Å². The minimum atomic E-state index is -0.814. The lowest BCUT2D eigenvalue weighted by atomic mass is 10.1. The number of amides is 1. The number of ether oxygens (including phenoxy) is 1. The van der Waals surface area contributed by atoms with Gasteiger partial charge in [-0.2, -0.15) is 0 Å². The predicted octanol–water partition coefficient (Wildman–Crippen LogP) is 2.19. The molecule has 1 aromatic heterocycles. The average Bonchev–Trinajstić information content (AvgIpc) is 2.74. The Bertz CT molecular complexity index is 413. The molecule has 1 amide bonds. The molecule has 0 fully saturated rings. The highest BCUT2D eigenvalue weighted by Crippen LogP contribution is 2.18. The highest BCUT2D eigenvalue weighted by Gasteiger charge is 2.30. The lowest BCUT2D eigenvalue weighted by Gasteiger charge is -2.27. The fraction of sp³-hybridized carbons (Fsp3) is 0.714. The lowest BCUT2D eigenvalue weighted by Crippen LogP contribution is -2.46. The molecule has 0 aliphatic heterocycles. The van der Waals surface area contributed by atoms with Crippen LogP contribution in [-0.2, 0) is 16.6 Å². The second kappa shape index (κ2) is 6.70. The molecule has 1 aromatic rings. The van der Waals surface area contributed by atoms with Gasteiger partial charge in [0.15, 0.2) is 0 Å². The molecule has 19 heavy (non-hydrogen) atoms. The smallest absolute Gasteiger partial charge is 0.252 e. The summed E-state index contributed by atoms with van der Waals surface area (Å²) in [5.74, 6) is 0.776. The zero-order chi connectivity index (χ0) is 14.5. The van der Waals surface area contributed by atoms with Crippen molar-refractivity contribution in [2.75, 3.05) is 6.61 Å². The zero-order valence-corrected chi connectivity index (χ0v) is 12.6. The molecule has 0 unspecified atom stereocenters. The van der Waals surface area contributed by atoms with Crippen LogP contribution in [0.5, 0.6) is 0 Å². The van der Waals surface area contributed by atoms with Crippen LogP contribution in [0.3, 0.4) is 0 Å². The van der Waals surface area contributed by atoms with Gasteiger partial charge in [-0.25, -0.2) is 4.98 Å². The summed E-state index contributed by atoms with van der Waals surface area (Å²) in [5.41, 5.74) is -0.814. The average molecular weight is 267 g/mol. The maximum absolute atomic E-state index is 12.3. The largest absolute Gasteiger partial charge is 0.366 e. The van der Waals surface area contributed by atoms with Gasteiger partial charge in [-0.1, -0.05) is 13.3 Å². The molecule has 108 valence electrons. The van der Waals surface area contributed by atoms with Crippen molar-refractivity contribution in [3.05, 3.63) is 18.2 Å². The normalized spacial score (nSPS) is 13.3. The molecule has 5 heteroatoms. The van der Waals surface area contributed by atoms with Crippen molar-refractivity contribution in [3.63, 3.8) is 0 Å². The monoisotopic (exact) mass is 267 g/mol. The maximum Gasteiger partial charge on any atom is 0.252 e. The van der Waals surface area contributed by atoms with Crippen molar-refractivity contribution >= 4 is 5.91 Å². The van der Waals surface area contributed by atoms with Gasteiger partial charge in [0.25, 0.3) is 5.91 Å². The highest BCUT2D eigenvalue weighted by molar-refractivity contribution is 5.84. The van der Waals surface area contributed by atoms with Gasteiger partial charge in [-0.15, -0.1) is 0 Å². The van der Waals surface area contributed by atoms with Crippen LogP contribution in [0.4, 0.5) is 0 Å². The third-order valence-electron chi connectivity index (χ3n) is 3.10. The molecular weight excluding hydrogens is 242 g/mol.